The molecule has 0 fully saturated rings. The third kappa shape index (κ3) is 35.7. The molecule has 0 aliphatic rings. The van der Waals surface area contributed by atoms with E-state index >= 15 is 0 Å². The number of allylic oxidation sites excluding steroid dienone is 16. The molecule has 270 valence electrons. The summed E-state index contributed by atoms with van der Waals surface area (Å²) in [5.41, 5.74) is 0. The first-order valence-corrected chi connectivity index (χ1v) is 18.8. The van der Waals surface area contributed by atoms with Crippen LogP contribution in [0.25, 0.3) is 0 Å². The monoisotopic (exact) mass is 665 g/mol. The van der Waals surface area contributed by atoms with E-state index in [9.17, 15) is 14.7 Å². The summed E-state index contributed by atoms with van der Waals surface area (Å²) in [6.07, 6.45) is 53.2. The summed E-state index contributed by atoms with van der Waals surface area (Å²) >= 11 is 0. The van der Waals surface area contributed by atoms with Gasteiger partial charge in [0.2, 0.25) is 0 Å². The smallest absolute Gasteiger partial charge is 0.306 e. The second-order valence-corrected chi connectivity index (χ2v) is 11.9. The van der Waals surface area contributed by atoms with E-state index in [1.807, 2.05) is 0 Å². The third-order valence-corrected chi connectivity index (χ3v) is 7.36. The zero-order chi connectivity index (χ0) is 35.0. The molecule has 0 spiro atoms. The molecule has 5 nitrogen and oxygen atoms in total. The van der Waals surface area contributed by atoms with Crippen LogP contribution in [-0.2, 0) is 19.1 Å². The summed E-state index contributed by atoms with van der Waals surface area (Å²) in [5.74, 6) is -0.696. The predicted octanol–water partition coefficient (Wildman–Crippen LogP) is 11.7. The molecule has 0 bridgehead atoms. The minimum absolute atomic E-state index is 0.111. The molecule has 0 amide bonds. The Balaban J connectivity index is 3.76. The highest BCUT2D eigenvalue weighted by Gasteiger charge is 2.15. The van der Waals surface area contributed by atoms with Gasteiger partial charge in [-0.05, 0) is 89.9 Å². The van der Waals surface area contributed by atoms with Crippen LogP contribution in [0, 0.1) is 0 Å². The second-order valence-electron chi connectivity index (χ2n) is 11.9. The van der Waals surface area contributed by atoms with Gasteiger partial charge in [-0.15, -0.1) is 0 Å². The van der Waals surface area contributed by atoms with Crippen molar-refractivity contribution < 1.29 is 24.2 Å². The fourth-order valence-electron chi connectivity index (χ4n) is 4.53. The van der Waals surface area contributed by atoms with Gasteiger partial charge in [-0.25, -0.2) is 0 Å². The molecule has 0 radical (unpaired) electrons. The Labute approximate surface area is 294 Å². The molecule has 1 atom stereocenters. The van der Waals surface area contributed by atoms with E-state index in [0.29, 0.717) is 19.3 Å². The average Bonchev–Trinajstić information content (AvgIpc) is 3.09. The third-order valence-electron chi connectivity index (χ3n) is 7.36. The number of aliphatic hydroxyl groups is 1. The fourth-order valence-corrected chi connectivity index (χ4v) is 4.53. The lowest BCUT2D eigenvalue weighted by molar-refractivity contribution is -0.161. The first-order valence-electron chi connectivity index (χ1n) is 18.8. The number of ether oxygens (including phenoxy) is 2. The number of esters is 2. The van der Waals surface area contributed by atoms with Crippen molar-refractivity contribution >= 4 is 11.9 Å². The Bertz CT molecular complexity index is 979. The van der Waals surface area contributed by atoms with Crippen LogP contribution in [0.15, 0.2) is 97.2 Å². The van der Waals surface area contributed by atoms with Crippen molar-refractivity contribution in [3.8, 4) is 0 Å². The molecule has 0 aliphatic carbocycles. The maximum atomic E-state index is 12.1. The van der Waals surface area contributed by atoms with Crippen LogP contribution < -0.4 is 0 Å². The summed E-state index contributed by atoms with van der Waals surface area (Å²) < 4.78 is 10.5. The molecule has 48 heavy (non-hydrogen) atoms. The molecule has 0 heterocycles. The summed E-state index contributed by atoms with van der Waals surface area (Å²) in [5, 5.41) is 9.54. The van der Waals surface area contributed by atoms with Crippen molar-refractivity contribution in [3.63, 3.8) is 0 Å². The van der Waals surface area contributed by atoms with Gasteiger partial charge in [0.25, 0.3) is 0 Å². The first-order chi connectivity index (χ1) is 23.6. The lowest BCUT2D eigenvalue weighted by atomic mass is 10.1. The molecule has 1 N–H and O–H groups in total. The van der Waals surface area contributed by atoms with E-state index in [0.717, 1.165) is 83.5 Å². The summed E-state index contributed by atoms with van der Waals surface area (Å²) in [6, 6.07) is 0. The van der Waals surface area contributed by atoms with Gasteiger partial charge in [0, 0.05) is 12.8 Å². The molecule has 0 saturated carbocycles. The van der Waals surface area contributed by atoms with Crippen molar-refractivity contribution in [3.05, 3.63) is 97.2 Å². The van der Waals surface area contributed by atoms with Crippen LogP contribution in [0.5, 0.6) is 0 Å². The molecule has 0 aromatic heterocycles. The lowest BCUT2D eigenvalue weighted by Gasteiger charge is -2.15. The number of unbranched alkanes of at least 4 members (excludes halogenated alkanes) is 8. The highest BCUT2D eigenvalue weighted by Crippen LogP contribution is 2.09. The zero-order valence-corrected chi connectivity index (χ0v) is 30.5. The number of carbonyl (C=O) groups is 2. The van der Waals surface area contributed by atoms with Gasteiger partial charge >= 0.3 is 11.9 Å². The van der Waals surface area contributed by atoms with Crippen molar-refractivity contribution in [1.82, 2.24) is 0 Å². The second kappa shape index (κ2) is 38.3. The Morgan fingerprint density at radius 1 is 0.500 bits per heavy atom. The van der Waals surface area contributed by atoms with Gasteiger partial charge in [-0.1, -0.05) is 137 Å². The van der Waals surface area contributed by atoms with E-state index < -0.39 is 6.10 Å². The highest BCUT2D eigenvalue weighted by atomic mass is 16.6. The summed E-state index contributed by atoms with van der Waals surface area (Å²) in [4.78, 5) is 24.2. The van der Waals surface area contributed by atoms with E-state index in [2.05, 4.69) is 111 Å². The molecular weight excluding hydrogens is 596 g/mol. The van der Waals surface area contributed by atoms with Gasteiger partial charge < -0.3 is 14.6 Å². The quantitative estimate of drug-likeness (QED) is 0.0440. The molecule has 0 saturated heterocycles. The summed E-state index contributed by atoms with van der Waals surface area (Å²) in [6.45, 7) is 3.90. The Hall–Kier alpha value is -3.18. The lowest BCUT2D eigenvalue weighted by Crippen LogP contribution is -2.28. The number of hydrogen-bond acceptors (Lipinski definition) is 5. The minimum Gasteiger partial charge on any atom is -0.462 e. The van der Waals surface area contributed by atoms with Crippen LogP contribution in [0.3, 0.4) is 0 Å². The minimum atomic E-state index is -0.812. The van der Waals surface area contributed by atoms with Crippen LogP contribution in [0.4, 0.5) is 0 Å². The largest absolute Gasteiger partial charge is 0.462 e. The number of carbonyl (C=O) groups excluding carboxylic acids is 2. The SMILES string of the molecule is CC/C=C\C/C=C\C/C=C\C/C=C\C/C=C\CCCC(=O)OC[C@H](CO)OC(=O)CCCCCC/C=C\C/C=C\C/C=C\CCCCC. The van der Waals surface area contributed by atoms with Gasteiger partial charge in [0.15, 0.2) is 6.10 Å². The molecule has 0 aliphatic heterocycles. The number of hydrogen-bond donors (Lipinski definition) is 1. The van der Waals surface area contributed by atoms with Crippen molar-refractivity contribution in [2.24, 2.45) is 0 Å². The van der Waals surface area contributed by atoms with E-state index in [-0.39, 0.29) is 25.2 Å². The van der Waals surface area contributed by atoms with Crippen LogP contribution in [-0.4, -0.2) is 36.4 Å². The number of rotatable bonds is 32. The maximum Gasteiger partial charge on any atom is 0.306 e. The zero-order valence-electron chi connectivity index (χ0n) is 30.5. The van der Waals surface area contributed by atoms with Crippen molar-refractivity contribution in [2.45, 2.75) is 148 Å². The predicted molar refractivity (Wildman–Crippen MR) is 205 cm³/mol. The highest BCUT2D eigenvalue weighted by molar-refractivity contribution is 5.70. The molecular formula is C43H68O5. The van der Waals surface area contributed by atoms with Crippen molar-refractivity contribution in [2.75, 3.05) is 13.2 Å². The standard InChI is InChI=1S/C43H68O5/c1-3-5-7-9-11-13-15-17-19-21-23-25-27-29-31-33-35-37-42(45)47-40-41(39-44)48-43(46)38-36-34-32-30-28-26-24-22-20-18-16-14-12-10-8-6-4-2/h5,7,11-14,17-20,23-26,29,31,41,44H,3-4,6,8-10,15-16,21-22,27-28,30,32-40H2,1-2H3/b7-5-,13-11-,14-12-,19-17-,20-18-,25-23-,26-24-,31-29-/t41-/m0/s1. The Morgan fingerprint density at radius 3 is 1.40 bits per heavy atom. The van der Waals surface area contributed by atoms with E-state index in [1.165, 1.54) is 25.7 Å². The molecule has 0 rings (SSSR count). The van der Waals surface area contributed by atoms with Crippen LogP contribution in [0.2, 0.25) is 0 Å². The van der Waals surface area contributed by atoms with E-state index in [4.69, 9.17) is 9.47 Å². The summed E-state index contributed by atoms with van der Waals surface area (Å²) in [7, 11) is 0. The molecule has 0 unspecified atom stereocenters. The van der Waals surface area contributed by atoms with Gasteiger partial charge in [-0.2, -0.15) is 0 Å². The fraction of sp³-hybridized carbons (Fsp3) is 0.581. The average molecular weight is 665 g/mol. The Morgan fingerprint density at radius 2 is 0.917 bits per heavy atom. The van der Waals surface area contributed by atoms with E-state index in [1.54, 1.807) is 0 Å². The van der Waals surface area contributed by atoms with Crippen LogP contribution >= 0.6 is 0 Å². The first kappa shape index (κ1) is 44.8. The Kier molecular flexibility index (Phi) is 35.7. The normalized spacial score (nSPS) is 13.3. The van der Waals surface area contributed by atoms with Gasteiger partial charge in [0.1, 0.15) is 6.61 Å². The molecule has 0 aromatic rings. The van der Waals surface area contributed by atoms with Crippen LogP contribution in [0.1, 0.15) is 142 Å². The number of aliphatic hydroxyl groups excluding tert-OH is 1. The van der Waals surface area contributed by atoms with Gasteiger partial charge in [-0.3, -0.25) is 9.59 Å². The topological polar surface area (TPSA) is 72.8 Å². The molecule has 5 heteroatoms. The molecule has 0 aromatic carbocycles. The van der Waals surface area contributed by atoms with Crippen molar-refractivity contribution in [1.29, 1.82) is 0 Å². The van der Waals surface area contributed by atoms with Gasteiger partial charge in [0.05, 0.1) is 6.61 Å². The maximum absolute atomic E-state index is 12.1.